The van der Waals surface area contributed by atoms with Crippen molar-refractivity contribution in [2.45, 2.75) is 13.5 Å². The molecule has 4 rings (SSSR count). The molecule has 0 atom stereocenters. The van der Waals surface area contributed by atoms with Crippen molar-refractivity contribution in [3.8, 4) is 16.3 Å². The lowest BCUT2D eigenvalue weighted by Gasteiger charge is -2.05. The monoisotopic (exact) mass is 425 g/mol. The van der Waals surface area contributed by atoms with Gasteiger partial charge in [-0.05, 0) is 55.5 Å². The fourth-order valence-electron chi connectivity index (χ4n) is 2.65. The summed E-state index contributed by atoms with van der Waals surface area (Å²) in [6, 6.07) is 13.3. The van der Waals surface area contributed by atoms with E-state index in [-0.39, 0.29) is 18.3 Å². The molecule has 0 saturated heterocycles. The van der Waals surface area contributed by atoms with Gasteiger partial charge in [-0.15, -0.1) is 22.7 Å². The lowest BCUT2D eigenvalue weighted by atomic mass is 10.2. The molecule has 1 amide bonds. The summed E-state index contributed by atoms with van der Waals surface area (Å²) in [5, 5.41) is 6.44. The zero-order valence-corrected chi connectivity index (χ0v) is 17.0. The number of hydrogen-bond acceptors (Lipinski definition) is 6. The Morgan fingerprint density at radius 3 is 2.59 bits per heavy atom. The SMILES string of the molecule is Cc1nc(COc2ccc(F)cc2)sc1C(=O)Nc1ccc(-c2nccs2)cc1. The van der Waals surface area contributed by atoms with Crippen molar-refractivity contribution < 1.29 is 13.9 Å². The van der Waals surface area contributed by atoms with E-state index in [4.69, 9.17) is 4.74 Å². The molecule has 0 radical (unpaired) electrons. The minimum Gasteiger partial charge on any atom is -0.486 e. The van der Waals surface area contributed by atoms with E-state index in [0.717, 1.165) is 10.6 Å². The second-order valence-corrected chi connectivity index (χ2v) is 8.11. The van der Waals surface area contributed by atoms with Crippen LogP contribution in [0.25, 0.3) is 10.6 Å². The van der Waals surface area contributed by atoms with Crippen LogP contribution in [-0.4, -0.2) is 15.9 Å². The van der Waals surface area contributed by atoms with Crippen LogP contribution in [0.4, 0.5) is 10.1 Å². The second-order valence-electron chi connectivity index (χ2n) is 6.13. The molecule has 0 aliphatic heterocycles. The molecule has 0 aliphatic rings. The molecule has 0 bridgehead atoms. The van der Waals surface area contributed by atoms with Crippen LogP contribution in [0.3, 0.4) is 0 Å². The Kier molecular flexibility index (Phi) is 5.64. The first-order valence-corrected chi connectivity index (χ1v) is 10.4. The van der Waals surface area contributed by atoms with Gasteiger partial charge in [-0.2, -0.15) is 0 Å². The normalized spacial score (nSPS) is 10.7. The first kappa shape index (κ1) is 19.2. The smallest absolute Gasteiger partial charge is 0.267 e. The standard InChI is InChI=1S/C21H16FN3O2S2/c1-13-19(29-18(24-13)12-27-17-8-4-15(22)5-9-17)20(26)25-16-6-2-14(3-7-16)21-23-10-11-28-21/h2-11H,12H2,1H3,(H,25,26). The number of carbonyl (C=O) groups excluding carboxylic acids is 1. The number of nitrogens with one attached hydrogen (secondary N) is 1. The van der Waals surface area contributed by atoms with Gasteiger partial charge >= 0.3 is 0 Å². The van der Waals surface area contributed by atoms with Gasteiger partial charge in [-0.3, -0.25) is 4.79 Å². The number of hydrogen-bond donors (Lipinski definition) is 1. The number of anilines is 1. The topological polar surface area (TPSA) is 64.1 Å². The third kappa shape index (κ3) is 4.67. The molecule has 0 spiro atoms. The van der Waals surface area contributed by atoms with Crippen LogP contribution in [0.2, 0.25) is 0 Å². The van der Waals surface area contributed by atoms with E-state index < -0.39 is 0 Å². The highest BCUT2D eigenvalue weighted by atomic mass is 32.1. The summed E-state index contributed by atoms with van der Waals surface area (Å²) in [6.45, 7) is 2.01. The van der Waals surface area contributed by atoms with Gasteiger partial charge in [-0.25, -0.2) is 14.4 Å². The average molecular weight is 426 g/mol. The number of amides is 1. The van der Waals surface area contributed by atoms with E-state index in [2.05, 4.69) is 15.3 Å². The fourth-order valence-corrected chi connectivity index (χ4v) is 4.17. The van der Waals surface area contributed by atoms with E-state index in [9.17, 15) is 9.18 Å². The number of carbonyl (C=O) groups is 1. The van der Waals surface area contributed by atoms with Crippen molar-refractivity contribution in [2.75, 3.05) is 5.32 Å². The van der Waals surface area contributed by atoms with Crippen molar-refractivity contribution in [3.63, 3.8) is 0 Å². The fraction of sp³-hybridized carbons (Fsp3) is 0.0952. The lowest BCUT2D eigenvalue weighted by molar-refractivity contribution is 0.103. The number of aromatic nitrogens is 2. The molecule has 0 aliphatic carbocycles. The predicted octanol–water partition coefficient (Wildman–Crippen LogP) is 5.55. The van der Waals surface area contributed by atoms with Gasteiger partial charge in [0, 0.05) is 22.8 Å². The number of ether oxygens (including phenoxy) is 1. The van der Waals surface area contributed by atoms with Crippen LogP contribution in [0.15, 0.2) is 60.1 Å². The molecule has 2 heterocycles. The molecule has 1 N–H and O–H groups in total. The Balaban J connectivity index is 1.40. The number of benzene rings is 2. The molecule has 0 unspecified atom stereocenters. The van der Waals surface area contributed by atoms with Gasteiger partial charge < -0.3 is 10.1 Å². The first-order chi connectivity index (χ1) is 14.1. The Labute approximate surface area is 174 Å². The van der Waals surface area contributed by atoms with E-state index in [1.807, 2.05) is 29.6 Å². The van der Waals surface area contributed by atoms with Crippen LogP contribution in [0.1, 0.15) is 20.4 Å². The highest BCUT2D eigenvalue weighted by molar-refractivity contribution is 7.14. The molecular formula is C21H16FN3O2S2. The molecule has 0 fully saturated rings. The number of aryl methyl sites for hydroxylation is 1. The van der Waals surface area contributed by atoms with Gasteiger partial charge in [0.2, 0.25) is 0 Å². The van der Waals surface area contributed by atoms with Gasteiger partial charge in [0.1, 0.15) is 33.1 Å². The summed E-state index contributed by atoms with van der Waals surface area (Å²) in [7, 11) is 0. The second kappa shape index (κ2) is 8.50. The Hall–Kier alpha value is -3.10. The Morgan fingerprint density at radius 1 is 1.14 bits per heavy atom. The van der Waals surface area contributed by atoms with Crippen molar-refractivity contribution in [1.82, 2.24) is 9.97 Å². The van der Waals surface area contributed by atoms with Crippen molar-refractivity contribution in [1.29, 1.82) is 0 Å². The van der Waals surface area contributed by atoms with Crippen LogP contribution >= 0.6 is 22.7 Å². The quantitative estimate of drug-likeness (QED) is 0.440. The van der Waals surface area contributed by atoms with Gasteiger partial charge in [0.25, 0.3) is 5.91 Å². The molecule has 2 aromatic heterocycles. The van der Waals surface area contributed by atoms with Crippen molar-refractivity contribution >= 4 is 34.3 Å². The summed E-state index contributed by atoms with van der Waals surface area (Å²) in [6.07, 6.45) is 1.76. The number of rotatable bonds is 6. The van der Waals surface area contributed by atoms with Gasteiger partial charge in [0.15, 0.2) is 0 Å². The maximum absolute atomic E-state index is 13.0. The minimum absolute atomic E-state index is 0.213. The average Bonchev–Trinajstić information content (AvgIpc) is 3.38. The summed E-state index contributed by atoms with van der Waals surface area (Å²) < 4.78 is 18.6. The minimum atomic E-state index is -0.318. The summed E-state index contributed by atoms with van der Waals surface area (Å²) in [5.41, 5.74) is 2.35. The summed E-state index contributed by atoms with van der Waals surface area (Å²) in [4.78, 5) is 21.9. The summed E-state index contributed by atoms with van der Waals surface area (Å²) >= 11 is 2.85. The van der Waals surface area contributed by atoms with Crippen LogP contribution in [0, 0.1) is 12.7 Å². The number of thiazole rings is 2. The third-order valence-electron chi connectivity index (χ3n) is 4.05. The summed E-state index contributed by atoms with van der Waals surface area (Å²) in [5.74, 6) is 0.0155. The van der Waals surface area contributed by atoms with Crippen LogP contribution < -0.4 is 10.1 Å². The maximum atomic E-state index is 13.0. The van der Waals surface area contributed by atoms with Crippen LogP contribution in [0.5, 0.6) is 5.75 Å². The van der Waals surface area contributed by atoms with Gasteiger partial charge in [-0.1, -0.05) is 0 Å². The number of halogens is 1. The first-order valence-electron chi connectivity index (χ1n) is 8.74. The molecule has 4 aromatic rings. The molecule has 2 aromatic carbocycles. The van der Waals surface area contributed by atoms with Gasteiger partial charge in [0.05, 0.1) is 5.69 Å². The highest BCUT2D eigenvalue weighted by Gasteiger charge is 2.16. The van der Waals surface area contributed by atoms with Crippen molar-refractivity contribution in [3.05, 3.63) is 81.5 Å². The Bertz CT molecular complexity index is 1110. The van der Waals surface area contributed by atoms with Crippen LogP contribution in [-0.2, 0) is 6.61 Å². The zero-order chi connectivity index (χ0) is 20.2. The van der Waals surface area contributed by atoms with E-state index in [0.29, 0.717) is 27.0 Å². The molecule has 8 heteroatoms. The lowest BCUT2D eigenvalue weighted by Crippen LogP contribution is -2.11. The van der Waals surface area contributed by atoms with Crippen molar-refractivity contribution in [2.24, 2.45) is 0 Å². The van der Waals surface area contributed by atoms with E-state index in [1.54, 1.807) is 36.6 Å². The maximum Gasteiger partial charge on any atom is 0.267 e. The zero-order valence-electron chi connectivity index (χ0n) is 15.4. The molecular weight excluding hydrogens is 409 g/mol. The highest BCUT2D eigenvalue weighted by Crippen LogP contribution is 2.25. The largest absolute Gasteiger partial charge is 0.486 e. The molecule has 29 heavy (non-hydrogen) atoms. The molecule has 0 saturated carbocycles. The predicted molar refractivity (Wildman–Crippen MR) is 113 cm³/mol. The Morgan fingerprint density at radius 2 is 1.90 bits per heavy atom. The molecule has 5 nitrogen and oxygen atoms in total. The van der Waals surface area contributed by atoms with E-state index >= 15 is 0 Å². The van der Waals surface area contributed by atoms with E-state index in [1.165, 1.54) is 23.5 Å². The third-order valence-corrected chi connectivity index (χ3v) is 6.00. The number of nitrogens with zero attached hydrogens (tertiary/aromatic N) is 2. The molecule has 146 valence electrons.